The van der Waals surface area contributed by atoms with Crippen LogP contribution in [0.15, 0.2) is 24.3 Å². The average Bonchev–Trinajstić information content (AvgIpc) is 2.04. The van der Waals surface area contributed by atoms with Gasteiger partial charge in [0.25, 0.3) is 0 Å². The summed E-state index contributed by atoms with van der Waals surface area (Å²) < 4.78 is 5.48. The van der Waals surface area contributed by atoms with E-state index in [1.165, 1.54) is 0 Å². The number of para-hydroxylation sites is 1. The Balaban J connectivity index is 2.47. The molecule has 0 unspecified atom stereocenters. The lowest BCUT2D eigenvalue weighted by molar-refractivity contribution is 0.0871. The maximum Gasteiger partial charge on any atom is 0.170 e. The van der Waals surface area contributed by atoms with Gasteiger partial charge in [-0.05, 0) is 19.1 Å². The summed E-state index contributed by atoms with van der Waals surface area (Å²) in [7, 11) is 0. The molecule has 0 saturated carbocycles. The molecule has 62 valence electrons. The molecule has 1 aromatic rings. The first-order chi connectivity index (χ1) is 5.77. The van der Waals surface area contributed by atoms with Crippen molar-refractivity contribution < 1.29 is 9.53 Å². The Kier molecular flexibility index (Phi) is 1.61. The zero-order valence-electron chi connectivity index (χ0n) is 6.91. The summed E-state index contributed by atoms with van der Waals surface area (Å²) in [5, 5.41) is 0. The van der Waals surface area contributed by atoms with E-state index in [9.17, 15) is 4.79 Å². The van der Waals surface area contributed by atoms with E-state index in [0.29, 0.717) is 6.42 Å². The van der Waals surface area contributed by atoms with Crippen molar-refractivity contribution >= 4 is 5.78 Å². The highest BCUT2D eigenvalue weighted by atomic mass is 16.5. The van der Waals surface area contributed by atoms with Crippen molar-refractivity contribution in [2.45, 2.75) is 19.4 Å². The standard InChI is InChI=1S/C10H10O2/c1-7-6-9(11)8-4-2-3-5-10(8)12-7/h2-5,7H,6H2,1H3/t7-/m1/s1. The molecule has 1 atom stereocenters. The monoisotopic (exact) mass is 162 g/mol. The molecule has 0 aromatic heterocycles. The van der Waals surface area contributed by atoms with Gasteiger partial charge in [0.2, 0.25) is 0 Å². The van der Waals surface area contributed by atoms with Gasteiger partial charge in [0, 0.05) is 6.42 Å². The second-order valence-electron chi connectivity index (χ2n) is 3.05. The van der Waals surface area contributed by atoms with E-state index in [2.05, 4.69) is 0 Å². The van der Waals surface area contributed by atoms with Gasteiger partial charge in [0.15, 0.2) is 5.78 Å². The van der Waals surface area contributed by atoms with Crippen LogP contribution in [0, 0.1) is 0 Å². The molecule has 0 amide bonds. The Hall–Kier alpha value is -1.31. The smallest absolute Gasteiger partial charge is 0.170 e. The van der Waals surface area contributed by atoms with Crippen molar-refractivity contribution in [2.24, 2.45) is 0 Å². The summed E-state index contributed by atoms with van der Waals surface area (Å²) in [4.78, 5) is 11.4. The molecular weight excluding hydrogens is 152 g/mol. The zero-order valence-corrected chi connectivity index (χ0v) is 6.91. The number of hydrogen-bond acceptors (Lipinski definition) is 2. The summed E-state index contributed by atoms with van der Waals surface area (Å²) in [6.07, 6.45) is 0.518. The minimum atomic E-state index is 0.0207. The first-order valence-electron chi connectivity index (χ1n) is 4.06. The van der Waals surface area contributed by atoms with Crippen LogP contribution in [0.1, 0.15) is 23.7 Å². The molecule has 2 rings (SSSR count). The number of ketones is 1. The van der Waals surface area contributed by atoms with Crippen molar-refractivity contribution in [1.82, 2.24) is 0 Å². The van der Waals surface area contributed by atoms with E-state index in [-0.39, 0.29) is 11.9 Å². The van der Waals surface area contributed by atoms with Crippen LogP contribution in [0.3, 0.4) is 0 Å². The molecule has 0 N–H and O–H groups in total. The van der Waals surface area contributed by atoms with Crippen molar-refractivity contribution in [3.63, 3.8) is 0 Å². The molecule has 0 aliphatic carbocycles. The molecule has 1 aliphatic rings. The Morgan fingerprint density at radius 1 is 1.42 bits per heavy atom. The van der Waals surface area contributed by atoms with E-state index in [1.807, 2.05) is 31.2 Å². The number of rotatable bonds is 0. The number of fused-ring (bicyclic) bond motifs is 1. The minimum absolute atomic E-state index is 0.0207. The number of hydrogen-bond donors (Lipinski definition) is 0. The summed E-state index contributed by atoms with van der Waals surface area (Å²) in [6, 6.07) is 7.38. The molecule has 2 heteroatoms. The van der Waals surface area contributed by atoms with Gasteiger partial charge in [0.1, 0.15) is 11.9 Å². The van der Waals surface area contributed by atoms with Crippen LogP contribution in [0.5, 0.6) is 5.75 Å². The van der Waals surface area contributed by atoms with Gasteiger partial charge >= 0.3 is 0 Å². The fraction of sp³-hybridized carbons (Fsp3) is 0.300. The molecule has 0 radical (unpaired) electrons. The number of Topliss-reactive ketones (excluding diaryl/α,β-unsaturated/α-hetero) is 1. The summed E-state index contributed by atoms with van der Waals surface area (Å²) >= 11 is 0. The van der Waals surface area contributed by atoms with Gasteiger partial charge in [-0.15, -0.1) is 0 Å². The van der Waals surface area contributed by atoms with Crippen LogP contribution in [0.2, 0.25) is 0 Å². The third-order valence-electron chi connectivity index (χ3n) is 1.99. The van der Waals surface area contributed by atoms with E-state index in [0.717, 1.165) is 11.3 Å². The largest absolute Gasteiger partial charge is 0.489 e. The van der Waals surface area contributed by atoms with Gasteiger partial charge in [0.05, 0.1) is 5.56 Å². The first-order valence-corrected chi connectivity index (χ1v) is 4.06. The number of benzene rings is 1. The van der Waals surface area contributed by atoms with Gasteiger partial charge in [-0.3, -0.25) is 4.79 Å². The fourth-order valence-corrected chi connectivity index (χ4v) is 1.43. The molecular formula is C10H10O2. The molecule has 0 bridgehead atoms. The SMILES string of the molecule is C[C@@H]1CC(=O)c2ccccc2O1. The topological polar surface area (TPSA) is 26.3 Å². The molecule has 1 heterocycles. The molecule has 1 aromatic carbocycles. The molecule has 0 spiro atoms. The highest BCUT2D eigenvalue weighted by Gasteiger charge is 2.22. The predicted octanol–water partition coefficient (Wildman–Crippen LogP) is 2.04. The van der Waals surface area contributed by atoms with Crippen LogP contribution < -0.4 is 4.74 Å². The van der Waals surface area contributed by atoms with E-state index >= 15 is 0 Å². The third-order valence-corrected chi connectivity index (χ3v) is 1.99. The van der Waals surface area contributed by atoms with Gasteiger partial charge < -0.3 is 4.74 Å². The highest BCUT2D eigenvalue weighted by molar-refractivity contribution is 5.99. The predicted molar refractivity (Wildman–Crippen MR) is 45.5 cm³/mol. The quantitative estimate of drug-likeness (QED) is 0.583. The van der Waals surface area contributed by atoms with E-state index in [1.54, 1.807) is 0 Å². The lowest BCUT2D eigenvalue weighted by Crippen LogP contribution is -2.23. The number of carbonyl (C=O) groups is 1. The van der Waals surface area contributed by atoms with Gasteiger partial charge in [-0.1, -0.05) is 12.1 Å². The summed E-state index contributed by atoms with van der Waals surface area (Å²) in [5.41, 5.74) is 0.718. The molecule has 0 fully saturated rings. The lowest BCUT2D eigenvalue weighted by atomic mass is 10.0. The van der Waals surface area contributed by atoms with Gasteiger partial charge in [-0.25, -0.2) is 0 Å². The van der Waals surface area contributed by atoms with Crippen LogP contribution in [-0.2, 0) is 0 Å². The Morgan fingerprint density at radius 2 is 2.17 bits per heavy atom. The Morgan fingerprint density at radius 3 is 3.00 bits per heavy atom. The average molecular weight is 162 g/mol. The van der Waals surface area contributed by atoms with E-state index < -0.39 is 0 Å². The highest BCUT2D eigenvalue weighted by Crippen LogP contribution is 2.26. The molecule has 0 saturated heterocycles. The van der Waals surface area contributed by atoms with Crippen molar-refractivity contribution in [2.75, 3.05) is 0 Å². The fourth-order valence-electron chi connectivity index (χ4n) is 1.43. The van der Waals surface area contributed by atoms with Crippen LogP contribution in [0.4, 0.5) is 0 Å². The lowest BCUT2D eigenvalue weighted by Gasteiger charge is -2.21. The van der Waals surface area contributed by atoms with Gasteiger partial charge in [-0.2, -0.15) is 0 Å². The molecule has 1 aliphatic heterocycles. The Labute approximate surface area is 71.2 Å². The molecule has 2 nitrogen and oxygen atoms in total. The maximum atomic E-state index is 11.4. The zero-order chi connectivity index (χ0) is 8.55. The second-order valence-corrected chi connectivity index (χ2v) is 3.05. The third kappa shape index (κ3) is 1.09. The number of ether oxygens (including phenoxy) is 1. The van der Waals surface area contributed by atoms with Crippen LogP contribution in [-0.4, -0.2) is 11.9 Å². The van der Waals surface area contributed by atoms with Crippen molar-refractivity contribution in [1.29, 1.82) is 0 Å². The minimum Gasteiger partial charge on any atom is -0.489 e. The number of carbonyl (C=O) groups excluding carboxylic acids is 1. The van der Waals surface area contributed by atoms with Crippen LogP contribution >= 0.6 is 0 Å². The maximum absolute atomic E-state index is 11.4. The van der Waals surface area contributed by atoms with Crippen LogP contribution in [0.25, 0.3) is 0 Å². The summed E-state index contributed by atoms with van der Waals surface area (Å²) in [6.45, 7) is 1.91. The summed E-state index contributed by atoms with van der Waals surface area (Å²) in [5.74, 6) is 0.908. The van der Waals surface area contributed by atoms with E-state index in [4.69, 9.17) is 4.74 Å². The Bertz CT molecular complexity index is 317. The van der Waals surface area contributed by atoms with Crippen molar-refractivity contribution in [3.8, 4) is 5.75 Å². The first kappa shape index (κ1) is 7.35. The second kappa shape index (κ2) is 2.63. The normalized spacial score (nSPS) is 21.4. The van der Waals surface area contributed by atoms with Crippen molar-refractivity contribution in [3.05, 3.63) is 29.8 Å². The molecule has 12 heavy (non-hydrogen) atoms.